The molecule has 0 spiro atoms. The molecule has 0 aromatic heterocycles. The number of urea groups is 1. The maximum Gasteiger partial charge on any atom is 0.429 e. The van der Waals surface area contributed by atoms with Crippen LogP contribution in [0, 0.1) is 0 Å². The van der Waals surface area contributed by atoms with Crippen molar-refractivity contribution in [3.63, 3.8) is 0 Å². The zero-order valence-corrected chi connectivity index (χ0v) is 14.0. The van der Waals surface area contributed by atoms with E-state index in [2.05, 4.69) is 0 Å². The molecule has 3 nitrogen and oxygen atoms in total. The van der Waals surface area contributed by atoms with Crippen LogP contribution in [0.25, 0.3) is 0 Å². The molecule has 12 heteroatoms. The van der Waals surface area contributed by atoms with Gasteiger partial charge in [0.1, 0.15) is 0 Å². The van der Waals surface area contributed by atoms with Crippen molar-refractivity contribution < 1.29 is 44.3 Å². The number of benzene rings is 2. The fourth-order valence-electron chi connectivity index (χ4n) is 2.45. The normalized spacial score (nSPS) is 13.1. The van der Waals surface area contributed by atoms with Crippen LogP contribution < -0.4 is 10.2 Å². The summed E-state index contributed by atoms with van der Waals surface area (Å²) in [5, 5.41) is 0.159. The Morgan fingerprint density at radius 2 is 0.931 bits per heavy atom. The molecule has 2 rings (SSSR count). The number of alkyl halides is 9. The molecule has 2 aromatic rings. The van der Waals surface area contributed by atoms with Gasteiger partial charge in [0.15, 0.2) is 0 Å². The van der Waals surface area contributed by atoms with E-state index < -0.39 is 30.1 Å². The molecule has 0 bridgehead atoms. The Balaban J connectivity index is 2.64. The molecule has 0 unspecified atom stereocenters. The predicted octanol–water partition coefficient (Wildman–Crippen LogP) is 5.96. The van der Waals surface area contributed by atoms with Gasteiger partial charge >= 0.3 is 30.1 Å². The number of hydrogen-bond donors (Lipinski definition) is 1. The van der Waals surface area contributed by atoms with E-state index in [1.807, 2.05) is 0 Å². The molecule has 0 fully saturated rings. The van der Waals surface area contributed by atoms with E-state index in [0.717, 1.165) is 24.3 Å². The van der Waals surface area contributed by atoms with Crippen molar-refractivity contribution in [2.24, 2.45) is 0 Å². The Bertz CT molecular complexity index is 754. The minimum absolute atomic E-state index is 0.159. The van der Waals surface area contributed by atoms with Gasteiger partial charge < -0.3 is 5.32 Å². The lowest BCUT2D eigenvalue weighted by Gasteiger charge is -2.40. The first-order valence-electron chi connectivity index (χ1n) is 7.65. The van der Waals surface area contributed by atoms with Crippen LogP contribution in [0.5, 0.6) is 0 Å². The second-order valence-corrected chi connectivity index (χ2v) is 5.68. The third kappa shape index (κ3) is 4.10. The zero-order valence-electron chi connectivity index (χ0n) is 14.0. The lowest BCUT2D eigenvalue weighted by molar-refractivity contribution is -0.386. The van der Waals surface area contributed by atoms with Crippen molar-refractivity contribution in [3.05, 3.63) is 60.7 Å². The molecule has 1 N–H and O–H groups in total. The summed E-state index contributed by atoms with van der Waals surface area (Å²) in [6, 6.07) is 10.3. The maximum absolute atomic E-state index is 13.1. The summed E-state index contributed by atoms with van der Waals surface area (Å²) in [5.41, 5.74) is -6.97. The van der Waals surface area contributed by atoms with Crippen LogP contribution in [0.3, 0.4) is 0 Å². The largest absolute Gasteiger partial charge is 0.429 e. The molecule has 0 aliphatic rings. The van der Waals surface area contributed by atoms with E-state index >= 15 is 0 Å². The molecule has 158 valence electrons. The van der Waals surface area contributed by atoms with E-state index in [4.69, 9.17) is 0 Å². The molecular formula is C17H11F9N2O. The van der Waals surface area contributed by atoms with E-state index in [9.17, 15) is 44.3 Å². The van der Waals surface area contributed by atoms with Gasteiger partial charge in [-0.1, -0.05) is 36.4 Å². The third-order valence-corrected chi connectivity index (χ3v) is 3.80. The van der Waals surface area contributed by atoms with Gasteiger partial charge in [0, 0.05) is 0 Å². The maximum atomic E-state index is 13.1. The fourth-order valence-corrected chi connectivity index (χ4v) is 2.45. The van der Waals surface area contributed by atoms with Gasteiger partial charge in [-0.05, 0) is 24.3 Å². The van der Waals surface area contributed by atoms with Gasteiger partial charge in [0.25, 0.3) is 0 Å². The molecule has 29 heavy (non-hydrogen) atoms. The van der Waals surface area contributed by atoms with Crippen LogP contribution >= 0.6 is 0 Å². The number of nitrogens with one attached hydrogen (secondary N) is 1. The molecule has 0 saturated carbocycles. The average Bonchev–Trinajstić information content (AvgIpc) is 2.58. The zero-order chi connectivity index (χ0) is 22.1. The summed E-state index contributed by atoms with van der Waals surface area (Å²) >= 11 is 0. The van der Waals surface area contributed by atoms with Crippen LogP contribution in [0.1, 0.15) is 0 Å². The minimum Gasteiger partial charge on any atom is -0.308 e. The molecule has 0 aliphatic heterocycles. The van der Waals surface area contributed by atoms with Crippen molar-refractivity contribution >= 4 is 17.4 Å². The Labute approximate surface area is 157 Å². The van der Waals surface area contributed by atoms with E-state index in [-0.39, 0.29) is 21.6 Å². The molecule has 0 aliphatic carbocycles. The molecule has 2 aromatic carbocycles. The quantitative estimate of drug-likeness (QED) is 0.599. The highest BCUT2D eigenvalue weighted by atomic mass is 19.4. The van der Waals surface area contributed by atoms with Crippen LogP contribution in [-0.2, 0) is 0 Å². The van der Waals surface area contributed by atoms with Gasteiger partial charge in [-0.15, -0.1) is 0 Å². The second kappa shape index (κ2) is 7.48. The Hall–Kier alpha value is -2.92. The van der Waals surface area contributed by atoms with Crippen LogP contribution in [-0.4, -0.2) is 30.1 Å². The van der Waals surface area contributed by atoms with Crippen LogP contribution in [0.15, 0.2) is 60.7 Å². The van der Waals surface area contributed by atoms with Crippen molar-refractivity contribution in [2.75, 3.05) is 4.90 Å². The molecule has 2 amide bonds. The number of rotatable bonds is 3. The fraction of sp³-hybridized carbons (Fsp3) is 0.235. The average molecular weight is 430 g/mol. The van der Waals surface area contributed by atoms with Gasteiger partial charge in [0.05, 0.1) is 11.4 Å². The monoisotopic (exact) mass is 430 g/mol. The number of hydrogen-bond acceptors (Lipinski definition) is 1. The van der Waals surface area contributed by atoms with Crippen molar-refractivity contribution in [3.8, 4) is 0 Å². The number of para-hydroxylation sites is 2. The summed E-state index contributed by atoms with van der Waals surface area (Å²) in [6.07, 6.45) is -20.8. The number of carbonyl (C=O) groups is 1. The van der Waals surface area contributed by atoms with Crippen LogP contribution in [0.4, 0.5) is 55.7 Å². The summed E-state index contributed by atoms with van der Waals surface area (Å²) in [7, 11) is 0. The molecule has 0 saturated heterocycles. The summed E-state index contributed by atoms with van der Waals surface area (Å²) in [4.78, 5) is 12.7. The first kappa shape index (κ1) is 22.4. The van der Waals surface area contributed by atoms with Crippen LogP contribution in [0.2, 0.25) is 0 Å². The first-order valence-corrected chi connectivity index (χ1v) is 7.65. The minimum atomic E-state index is -6.92. The number of carbonyl (C=O) groups excluding carboxylic acids is 1. The number of nitrogens with zero attached hydrogens (tertiary/aromatic N) is 1. The van der Waals surface area contributed by atoms with Crippen molar-refractivity contribution in [2.45, 2.75) is 24.1 Å². The van der Waals surface area contributed by atoms with E-state index in [1.54, 1.807) is 0 Å². The molecule has 0 radical (unpaired) electrons. The molecule has 0 heterocycles. The summed E-state index contributed by atoms with van der Waals surface area (Å²) in [5.74, 6) is 0. The smallest absolute Gasteiger partial charge is 0.308 e. The molecular weight excluding hydrogens is 419 g/mol. The highest BCUT2D eigenvalue weighted by Crippen LogP contribution is 2.52. The van der Waals surface area contributed by atoms with Gasteiger partial charge in [-0.3, -0.25) is 4.90 Å². The van der Waals surface area contributed by atoms with Gasteiger partial charge in [-0.25, -0.2) is 4.79 Å². The predicted molar refractivity (Wildman–Crippen MR) is 84.5 cm³/mol. The van der Waals surface area contributed by atoms with Gasteiger partial charge in [0.2, 0.25) is 0 Å². The SMILES string of the molecule is O=C(NC(C(F)(F)F)(C(F)(F)F)C(F)(F)F)N(c1ccccc1)c1ccccc1. The Morgan fingerprint density at radius 3 is 1.21 bits per heavy atom. The summed E-state index contributed by atoms with van der Waals surface area (Å²) < 4.78 is 118. The topological polar surface area (TPSA) is 32.3 Å². The molecule has 0 atom stereocenters. The second-order valence-electron chi connectivity index (χ2n) is 5.68. The highest BCUT2D eigenvalue weighted by molar-refractivity contribution is 5.99. The Morgan fingerprint density at radius 1 is 0.621 bits per heavy atom. The van der Waals surface area contributed by atoms with Gasteiger partial charge in [-0.2, -0.15) is 39.5 Å². The number of amides is 2. The lowest BCUT2D eigenvalue weighted by Crippen LogP contribution is -2.76. The standard InChI is InChI=1S/C17H11F9N2O/c18-15(19,20)14(16(21,22)23,17(24,25)26)27-13(29)28(11-7-3-1-4-8-11)12-9-5-2-6-10-12/h1-10H,(H,27,29). The number of halogens is 9. The summed E-state index contributed by atoms with van der Waals surface area (Å²) in [6.45, 7) is 0. The number of anilines is 2. The first-order chi connectivity index (χ1) is 13.2. The highest BCUT2D eigenvalue weighted by Gasteiger charge is 2.85. The van der Waals surface area contributed by atoms with E-state index in [1.165, 1.54) is 36.4 Å². The Kier molecular flexibility index (Phi) is 5.77. The third-order valence-electron chi connectivity index (χ3n) is 3.80. The van der Waals surface area contributed by atoms with Crippen molar-refractivity contribution in [1.82, 2.24) is 5.32 Å². The van der Waals surface area contributed by atoms with Crippen molar-refractivity contribution in [1.29, 1.82) is 0 Å². The lowest BCUT2D eigenvalue weighted by atomic mass is 9.97. The van der Waals surface area contributed by atoms with E-state index in [0.29, 0.717) is 0 Å².